The molecule has 0 saturated carbocycles. The van der Waals surface area contributed by atoms with E-state index in [1.54, 1.807) is 0 Å². The van der Waals surface area contributed by atoms with E-state index in [-0.39, 0.29) is 0 Å². The molecule has 1 aliphatic heterocycles. The molecule has 0 aromatic heterocycles. The van der Waals surface area contributed by atoms with Crippen LogP contribution in [0.2, 0.25) is 0 Å². The van der Waals surface area contributed by atoms with Crippen LogP contribution in [0.5, 0.6) is 0 Å². The third kappa shape index (κ3) is 1.64. The normalized spacial score (nSPS) is 28.2. The third-order valence-electron chi connectivity index (χ3n) is 3.67. The average Bonchev–Trinajstić information content (AvgIpc) is 2.42. The summed E-state index contributed by atoms with van der Waals surface area (Å²) >= 11 is 0. The summed E-state index contributed by atoms with van der Waals surface area (Å²) in [6.07, 6.45) is 0. The van der Waals surface area contributed by atoms with Crippen LogP contribution < -0.4 is 5.73 Å². The van der Waals surface area contributed by atoms with Gasteiger partial charge in [0.25, 0.3) is 0 Å². The van der Waals surface area contributed by atoms with Gasteiger partial charge in [-0.25, -0.2) is 0 Å². The minimum absolute atomic E-state index is 0.448. The van der Waals surface area contributed by atoms with Gasteiger partial charge in [0.2, 0.25) is 0 Å². The number of nitrogens with two attached hydrogens (primary N) is 1. The summed E-state index contributed by atoms with van der Waals surface area (Å²) in [7, 11) is 0. The van der Waals surface area contributed by atoms with Crippen molar-refractivity contribution in [2.75, 3.05) is 5.73 Å². The van der Waals surface area contributed by atoms with E-state index in [2.05, 4.69) is 4.99 Å². The Morgan fingerprint density at radius 3 is 2.12 bits per heavy atom. The molecule has 0 aliphatic carbocycles. The highest BCUT2D eigenvalue weighted by molar-refractivity contribution is 5.92. The Bertz CT molecular complexity index is 464. The van der Waals surface area contributed by atoms with Crippen molar-refractivity contribution >= 4 is 11.4 Å². The first kappa shape index (κ1) is 12.1. The molecule has 17 heavy (non-hydrogen) atoms. The van der Waals surface area contributed by atoms with Crippen LogP contribution in [-0.4, -0.2) is 21.5 Å². The third-order valence-corrected chi connectivity index (χ3v) is 3.67. The number of benzene rings is 1. The highest BCUT2D eigenvalue weighted by Gasteiger charge is 2.48. The van der Waals surface area contributed by atoms with Gasteiger partial charge in [0.05, 0.1) is 5.54 Å². The Kier molecular flexibility index (Phi) is 2.52. The lowest BCUT2D eigenvalue weighted by Gasteiger charge is -2.36. The fourth-order valence-electron chi connectivity index (χ4n) is 2.19. The monoisotopic (exact) mass is 233 g/mol. The summed E-state index contributed by atoms with van der Waals surface area (Å²) in [5, 5.41) is 11.7. The lowest BCUT2D eigenvalue weighted by Crippen LogP contribution is -2.49. The van der Waals surface area contributed by atoms with Crippen LogP contribution in [0, 0.1) is 0 Å². The Morgan fingerprint density at radius 1 is 1.18 bits per heavy atom. The number of nitrogens with zero attached hydrogens (tertiary/aromatic N) is 2. The van der Waals surface area contributed by atoms with E-state index in [4.69, 9.17) is 5.73 Å². The predicted molar refractivity (Wildman–Crippen MR) is 69.0 cm³/mol. The SMILES string of the molecule is CC1=NC(C)(c2ccc(N)cc2)N(O)C1(C)C. The molecule has 1 atom stereocenters. The molecule has 1 aromatic carbocycles. The number of aliphatic imine (C=N–C) groups is 1. The van der Waals surface area contributed by atoms with Crippen LogP contribution in [0.15, 0.2) is 29.3 Å². The highest BCUT2D eigenvalue weighted by Crippen LogP contribution is 2.40. The summed E-state index contributed by atoms with van der Waals surface area (Å²) in [5.74, 6) is 0. The lowest BCUT2D eigenvalue weighted by molar-refractivity contribution is -0.198. The standard InChI is InChI=1S/C13H19N3O/c1-9-12(2,3)16(17)13(4,15-9)10-5-7-11(14)8-6-10/h5-8,17H,14H2,1-4H3. The number of anilines is 1. The molecule has 4 nitrogen and oxygen atoms in total. The van der Waals surface area contributed by atoms with Crippen LogP contribution in [0.1, 0.15) is 33.3 Å². The van der Waals surface area contributed by atoms with Gasteiger partial charge >= 0.3 is 0 Å². The lowest BCUT2D eigenvalue weighted by atomic mass is 9.97. The molecule has 3 N–H and O–H groups in total. The highest BCUT2D eigenvalue weighted by atomic mass is 16.5. The largest absolute Gasteiger partial charge is 0.399 e. The fourth-order valence-corrected chi connectivity index (χ4v) is 2.19. The number of rotatable bonds is 1. The van der Waals surface area contributed by atoms with Gasteiger partial charge in [0, 0.05) is 11.4 Å². The van der Waals surface area contributed by atoms with Crippen molar-refractivity contribution in [3.05, 3.63) is 29.8 Å². The number of hydrogen-bond acceptors (Lipinski definition) is 4. The van der Waals surface area contributed by atoms with Crippen LogP contribution in [0.25, 0.3) is 0 Å². The quantitative estimate of drug-likeness (QED) is 0.732. The van der Waals surface area contributed by atoms with Gasteiger partial charge in [0.15, 0.2) is 5.66 Å². The van der Waals surface area contributed by atoms with E-state index in [0.29, 0.717) is 5.69 Å². The molecule has 92 valence electrons. The van der Waals surface area contributed by atoms with Gasteiger partial charge in [-0.2, -0.15) is 0 Å². The van der Waals surface area contributed by atoms with Crippen LogP contribution in [-0.2, 0) is 5.66 Å². The van der Waals surface area contributed by atoms with Gasteiger partial charge in [-0.05, 0) is 45.4 Å². The molecule has 1 heterocycles. The summed E-state index contributed by atoms with van der Waals surface area (Å²) in [5.41, 5.74) is 7.04. The van der Waals surface area contributed by atoms with Crippen molar-refractivity contribution in [3.8, 4) is 0 Å². The Balaban J connectivity index is 2.48. The number of hydroxylamine groups is 2. The van der Waals surface area contributed by atoms with E-state index in [0.717, 1.165) is 11.3 Å². The predicted octanol–water partition coefficient (Wildman–Crippen LogP) is 2.39. The Hall–Kier alpha value is -1.39. The number of nitrogen functional groups attached to an aromatic ring is 1. The smallest absolute Gasteiger partial charge is 0.158 e. The molecule has 1 unspecified atom stereocenters. The molecule has 0 amide bonds. The second-order valence-corrected chi connectivity index (χ2v) is 5.21. The first-order valence-electron chi connectivity index (χ1n) is 5.70. The molecule has 4 heteroatoms. The minimum atomic E-state index is -0.735. The van der Waals surface area contributed by atoms with Gasteiger partial charge in [-0.3, -0.25) is 4.99 Å². The van der Waals surface area contributed by atoms with Gasteiger partial charge in [0.1, 0.15) is 0 Å². The van der Waals surface area contributed by atoms with E-state index in [1.165, 1.54) is 5.06 Å². The molecule has 0 saturated heterocycles. The summed E-state index contributed by atoms with van der Waals surface area (Å²) in [6.45, 7) is 7.74. The zero-order chi connectivity index (χ0) is 12.8. The second-order valence-electron chi connectivity index (χ2n) is 5.21. The fraction of sp³-hybridized carbons (Fsp3) is 0.462. The van der Waals surface area contributed by atoms with Crippen molar-refractivity contribution in [1.82, 2.24) is 5.06 Å². The molecule has 0 fully saturated rings. The average molecular weight is 233 g/mol. The van der Waals surface area contributed by atoms with Crippen molar-refractivity contribution in [3.63, 3.8) is 0 Å². The van der Waals surface area contributed by atoms with Crippen molar-refractivity contribution in [2.24, 2.45) is 4.99 Å². The molecule has 0 bridgehead atoms. The van der Waals surface area contributed by atoms with E-state index < -0.39 is 11.2 Å². The van der Waals surface area contributed by atoms with Gasteiger partial charge in [-0.15, -0.1) is 5.06 Å². The Labute approximate surface area is 102 Å². The van der Waals surface area contributed by atoms with Gasteiger partial charge in [-0.1, -0.05) is 12.1 Å². The van der Waals surface area contributed by atoms with Crippen LogP contribution in [0.3, 0.4) is 0 Å². The molecule has 0 spiro atoms. The molecule has 1 aromatic rings. The molecular weight excluding hydrogens is 214 g/mol. The first-order valence-corrected chi connectivity index (χ1v) is 5.70. The molecular formula is C13H19N3O. The van der Waals surface area contributed by atoms with E-state index >= 15 is 0 Å². The number of hydrogen-bond donors (Lipinski definition) is 2. The van der Waals surface area contributed by atoms with Crippen molar-refractivity contribution < 1.29 is 5.21 Å². The first-order chi connectivity index (χ1) is 7.78. The maximum absolute atomic E-state index is 10.4. The van der Waals surface area contributed by atoms with E-state index in [1.807, 2.05) is 52.0 Å². The molecule has 1 aliphatic rings. The summed E-state index contributed by atoms with van der Waals surface area (Å²) < 4.78 is 0. The van der Waals surface area contributed by atoms with Crippen molar-refractivity contribution in [1.29, 1.82) is 0 Å². The maximum Gasteiger partial charge on any atom is 0.158 e. The van der Waals surface area contributed by atoms with Gasteiger partial charge < -0.3 is 10.9 Å². The summed E-state index contributed by atoms with van der Waals surface area (Å²) in [6, 6.07) is 7.45. The van der Waals surface area contributed by atoms with Crippen LogP contribution >= 0.6 is 0 Å². The minimum Gasteiger partial charge on any atom is -0.399 e. The summed E-state index contributed by atoms with van der Waals surface area (Å²) in [4.78, 5) is 4.61. The van der Waals surface area contributed by atoms with Crippen molar-refractivity contribution in [2.45, 2.75) is 38.9 Å². The zero-order valence-corrected chi connectivity index (χ0v) is 10.7. The maximum atomic E-state index is 10.4. The second kappa shape index (κ2) is 3.55. The zero-order valence-electron chi connectivity index (χ0n) is 10.7. The Morgan fingerprint density at radius 2 is 1.71 bits per heavy atom. The van der Waals surface area contributed by atoms with E-state index in [9.17, 15) is 5.21 Å². The molecule has 2 rings (SSSR count). The van der Waals surface area contributed by atoms with Crippen LogP contribution in [0.4, 0.5) is 5.69 Å². The molecule has 0 radical (unpaired) electrons. The topological polar surface area (TPSA) is 61.8 Å².